The number of aryl methyl sites for hydroxylation is 1. The number of hydrogen-bond donors (Lipinski definition) is 3. The highest BCUT2D eigenvalue weighted by atomic mass is 79.9. The zero-order chi connectivity index (χ0) is 17.7. The van der Waals surface area contributed by atoms with Crippen molar-refractivity contribution in [1.29, 1.82) is 0 Å². The van der Waals surface area contributed by atoms with Gasteiger partial charge in [0.15, 0.2) is 0 Å². The number of nitrogens with one attached hydrogen (secondary N) is 2. The van der Waals surface area contributed by atoms with Crippen LogP contribution in [0.1, 0.15) is 29.9 Å². The lowest BCUT2D eigenvalue weighted by Crippen LogP contribution is -2.48. The van der Waals surface area contributed by atoms with Crippen molar-refractivity contribution in [2.75, 3.05) is 13.1 Å². The van der Waals surface area contributed by atoms with Gasteiger partial charge in [0.2, 0.25) is 5.91 Å². The molecular weight excluding hydrogens is 370 g/mol. The molecule has 0 saturated heterocycles. The van der Waals surface area contributed by atoms with E-state index in [0.29, 0.717) is 10.2 Å². The SMILES string of the molecule is CC(=O)NCCN(C(=O)c1cc(Br)c(C)[nH]c1=O)C(C)C(=O)O. The van der Waals surface area contributed by atoms with Crippen LogP contribution in [-0.2, 0) is 9.59 Å². The molecule has 1 atom stereocenters. The second-order valence-electron chi connectivity index (χ2n) is 4.98. The summed E-state index contributed by atoms with van der Waals surface area (Å²) in [6, 6.07) is 0.215. The Hall–Kier alpha value is -2.16. The molecule has 0 radical (unpaired) electrons. The van der Waals surface area contributed by atoms with Crippen LogP contribution in [0.25, 0.3) is 0 Å². The monoisotopic (exact) mass is 387 g/mol. The van der Waals surface area contributed by atoms with Crippen LogP contribution < -0.4 is 10.9 Å². The van der Waals surface area contributed by atoms with E-state index in [4.69, 9.17) is 5.11 Å². The summed E-state index contributed by atoms with van der Waals surface area (Å²) in [6.45, 7) is 4.37. The molecule has 23 heavy (non-hydrogen) atoms. The van der Waals surface area contributed by atoms with Gasteiger partial charge in [0.25, 0.3) is 11.5 Å². The molecular formula is C14H18BrN3O5. The van der Waals surface area contributed by atoms with E-state index >= 15 is 0 Å². The van der Waals surface area contributed by atoms with Crippen LogP contribution in [0, 0.1) is 6.92 Å². The number of amides is 2. The number of aromatic amines is 1. The van der Waals surface area contributed by atoms with Gasteiger partial charge in [0, 0.05) is 30.2 Å². The number of halogens is 1. The molecule has 0 fully saturated rings. The van der Waals surface area contributed by atoms with Crippen molar-refractivity contribution in [2.45, 2.75) is 26.8 Å². The molecule has 1 aromatic heterocycles. The highest BCUT2D eigenvalue weighted by Gasteiger charge is 2.28. The van der Waals surface area contributed by atoms with Crippen LogP contribution in [0.4, 0.5) is 0 Å². The molecule has 9 heteroatoms. The maximum atomic E-state index is 12.6. The van der Waals surface area contributed by atoms with Crippen LogP contribution in [-0.4, -0.2) is 51.9 Å². The van der Waals surface area contributed by atoms with Crippen molar-refractivity contribution in [3.05, 3.63) is 32.2 Å². The van der Waals surface area contributed by atoms with Gasteiger partial charge in [-0.15, -0.1) is 0 Å². The molecule has 2 amide bonds. The minimum atomic E-state index is -1.20. The van der Waals surface area contributed by atoms with Crippen molar-refractivity contribution < 1.29 is 19.5 Å². The number of hydrogen-bond acceptors (Lipinski definition) is 4. The van der Waals surface area contributed by atoms with Crippen molar-refractivity contribution in [3.63, 3.8) is 0 Å². The molecule has 8 nitrogen and oxygen atoms in total. The number of carboxylic acid groups (broad SMARTS) is 1. The number of nitrogens with zero attached hydrogens (tertiary/aromatic N) is 1. The van der Waals surface area contributed by atoms with Crippen LogP contribution in [0.15, 0.2) is 15.3 Å². The number of carbonyl (C=O) groups is 3. The Morgan fingerprint density at radius 3 is 2.57 bits per heavy atom. The summed E-state index contributed by atoms with van der Waals surface area (Å²) < 4.78 is 0.533. The van der Waals surface area contributed by atoms with Gasteiger partial charge in [0.05, 0.1) is 0 Å². The number of H-pyrrole nitrogens is 1. The summed E-state index contributed by atoms with van der Waals surface area (Å²) in [5.74, 6) is -2.22. The summed E-state index contributed by atoms with van der Waals surface area (Å²) in [7, 11) is 0. The molecule has 1 aromatic rings. The predicted octanol–water partition coefficient (Wildman–Crippen LogP) is 0.497. The molecule has 3 N–H and O–H groups in total. The van der Waals surface area contributed by atoms with Crippen LogP contribution in [0.5, 0.6) is 0 Å². The molecule has 0 spiro atoms. The maximum absolute atomic E-state index is 12.6. The Morgan fingerprint density at radius 1 is 1.43 bits per heavy atom. The Morgan fingerprint density at radius 2 is 2.04 bits per heavy atom. The third-order valence-electron chi connectivity index (χ3n) is 3.22. The summed E-state index contributed by atoms with van der Waals surface area (Å²) in [5, 5.41) is 11.6. The van der Waals surface area contributed by atoms with Crippen molar-refractivity contribution in [2.24, 2.45) is 0 Å². The molecule has 126 valence electrons. The van der Waals surface area contributed by atoms with Crippen molar-refractivity contribution >= 4 is 33.7 Å². The van der Waals surface area contributed by atoms with E-state index in [1.807, 2.05) is 0 Å². The average Bonchev–Trinajstić information content (AvgIpc) is 2.45. The van der Waals surface area contributed by atoms with Crippen LogP contribution in [0.3, 0.4) is 0 Å². The second-order valence-corrected chi connectivity index (χ2v) is 5.84. The second kappa shape index (κ2) is 7.91. The van der Waals surface area contributed by atoms with Gasteiger partial charge >= 0.3 is 5.97 Å². The van der Waals surface area contributed by atoms with E-state index in [9.17, 15) is 19.2 Å². The first kappa shape index (κ1) is 18.9. The first-order valence-electron chi connectivity index (χ1n) is 6.82. The van der Waals surface area contributed by atoms with Crippen molar-refractivity contribution in [3.8, 4) is 0 Å². The van der Waals surface area contributed by atoms with Gasteiger partial charge in [-0.2, -0.15) is 0 Å². The number of aromatic nitrogens is 1. The van der Waals surface area contributed by atoms with E-state index < -0.39 is 23.5 Å². The first-order valence-corrected chi connectivity index (χ1v) is 7.62. The fraction of sp³-hybridized carbons (Fsp3) is 0.429. The quantitative estimate of drug-likeness (QED) is 0.656. The number of pyridine rings is 1. The summed E-state index contributed by atoms with van der Waals surface area (Å²) >= 11 is 3.22. The lowest BCUT2D eigenvalue weighted by atomic mass is 10.2. The third-order valence-corrected chi connectivity index (χ3v) is 4.04. The van der Waals surface area contributed by atoms with E-state index in [0.717, 1.165) is 4.90 Å². The molecule has 0 aliphatic carbocycles. The highest BCUT2D eigenvalue weighted by Crippen LogP contribution is 2.14. The van der Waals surface area contributed by atoms with Gasteiger partial charge < -0.3 is 20.3 Å². The van der Waals surface area contributed by atoms with Gasteiger partial charge in [0.1, 0.15) is 11.6 Å². The van der Waals surface area contributed by atoms with Gasteiger partial charge in [-0.3, -0.25) is 14.4 Å². The Bertz CT molecular complexity index is 685. The minimum Gasteiger partial charge on any atom is -0.480 e. The third kappa shape index (κ3) is 4.92. The smallest absolute Gasteiger partial charge is 0.326 e. The first-order chi connectivity index (χ1) is 10.6. The fourth-order valence-corrected chi connectivity index (χ4v) is 2.20. The standard InChI is InChI=1S/C14H18BrN3O5/c1-7-11(15)6-10(12(20)17-7)13(21)18(8(2)14(22)23)5-4-16-9(3)19/h6,8H,4-5H2,1-3H3,(H,16,19)(H,17,20)(H,22,23). The van der Waals surface area contributed by atoms with Crippen molar-refractivity contribution in [1.82, 2.24) is 15.2 Å². The Labute approximate surface area is 141 Å². The number of carbonyl (C=O) groups excluding carboxylic acids is 2. The number of rotatable bonds is 6. The zero-order valence-corrected chi connectivity index (χ0v) is 14.6. The Kier molecular flexibility index (Phi) is 6.49. The van der Waals surface area contributed by atoms with E-state index in [1.165, 1.54) is 19.9 Å². The van der Waals surface area contributed by atoms with Gasteiger partial charge in [-0.1, -0.05) is 0 Å². The molecule has 1 unspecified atom stereocenters. The Balaban J connectivity index is 3.12. The maximum Gasteiger partial charge on any atom is 0.326 e. The summed E-state index contributed by atoms with van der Waals surface area (Å²) in [5.41, 5.74) is -0.209. The number of aliphatic carboxylic acids is 1. The topological polar surface area (TPSA) is 120 Å². The average molecular weight is 388 g/mol. The zero-order valence-electron chi connectivity index (χ0n) is 13.0. The molecule has 0 bridgehead atoms. The lowest BCUT2D eigenvalue weighted by Gasteiger charge is -2.26. The molecule has 0 aliphatic rings. The largest absolute Gasteiger partial charge is 0.480 e. The molecule has 0 aliphatic heterocycles. The van der Waals surface area contributed by atoms with Gasteiger partial charge in [-0.05, 0) is 35.8 Å². The normalized spacial score (nSPS) is 11.7. The van der Waals surface area contributed by atoms with E-state index in [1.54, 1.807) is 6.92 Å². The van der Waals surface area contributed by atoms with Crippen LogP contribution in [0.2, 0.25) is 0 Å². The lowest BCUT2D eigenvalue weighted by molar-refractivity contribution is -0.141. The summed E-state index contributed by atoms with van der Waals surface area (Å²) in [4.78, 5) is 50.2. The number of carboxylic acids is 1. The van der Waals surface area contributed by atoms with Gasteiger partial charge in [-0.25, -0.2) is 4.79 Å². The highest BCUT2D eigenvalue weighted by molar-refractivity contribution is 9.10. The minimum absolute atomic E-state index is 0.0309. The van der Waals surface area contributed by atoms with E-state index in [2.05, 4.69) is 26.2 Å². The fourth-order valence-electron chi connectivity index (χ4n) is 1.87. The molecule has 1 heterocycles. The molecule has 1 rings (SSSR count). The summed E-state index contributed by atoms with van der Waals surface area (Å²) in [6.07, 6.45) is 0. The predicted molar refractivity (Wildman–Crippen MR) is 86.3 cm³/mol. The molecule has 0 saturated carbocycles. The van der Waals surface area contributed by atoms with Crippen LogP contribution >= 0.6 is 15.9 Å². The molecule has 0 aromatic carbocycles. The van der Waals surface area contributed by atoms with E-state index in [-0.39, 0.29) is 24.6 Å².